The maximum atomic E-state index is 15.2. The average Bonchev–Trinajstić information content (AvgIpc) is 3.00. The highest BCUT2D eigenvalue weighted by atomic mass is 19.3. The number of pyridine rings is 3. The van der Waals surface area contributed by atoms with Crippen molar-refractivity contribution in [1.29, 1.82) is 0 Å². The summed E-state index contributed by atoms with van der Waals surface area (Å²) >= 11 is 0. The standard InChI is InChI=1S/C32H26F4N4O5/c1-16-11-18(5-7-21(16)33)20-14-40(15-27(35)36)17(2)28(30(20)41)31(42)38-19-6-8-24(22(34)12-19)45-25-9-10-37-23-13-26(43-3)32(44-4)39-29(23)25/h5-14,27H,15H2,1-4H3,(H,38,42). The number of hydrogen-bond donors (Lipinski definition) is 1. The molecule has 0 saturated carbocycles. The SMILES string of the molecule is COc1cc2nccc(Oc3ccc(NC(=O)c4c(C)n(CC(F)F)cc(-c5ccc(F)c(C)c5)c4=O)cc3F)c2nc1OC. The Morgan fingerprint density at radius 2 is 1.73 bits per heavy atom. The molecule has 232 valence electrons. The number of carbonyl (C=O) groups is 1. The third-order valence-electron chi connectivity index (χ3n) is 7.01. The van der Waals surface area contributed by atoms with Crippen LogP contribution in [0.25, 0.3) is 22.2 Å². The molecule has 0 bridgehead atoms. The van der Waals surface area contributed by atoms with Gasteiger partial charge in [0, 0.05) is 47.5 Å². The molecule has 0 aliphatic carbocycles. The fourth-order valence-corrected chi connectivity index (χ4v) is 4.74. The van der Waals surface area contributed by atoms with Gasteiger partial charge in [0.1, 0.15) is 16.9 Å². The van der Waals surface area contributed by atoms with E-state index < -0.39 is 41.5 Å². The number of alkyl halides is 2. The van der Waals surface area contributed by atoms with E-state index in [1.807, 2.05) is 0 Å². The molecular formula is C32H26F4N4O5. The Bertz CT molecular complexity index is 2000. The van der Waals surface area contributed by atoms with E-state index in [9.17, 15) is 22.8 Å². The number of ether oxygens (including phenoxy) is 3. The van der Waals surface area contributed by atoms with Gasteiger partial charge in [-0.1, -0.05) is 6.07 Å². The van der Waals surface area contributed by atoms with Gasteiger partial charge in [0.05, 0.1) is 26.3 Å². The van der Waals surface area contributed by atoms with Gasteiger partial charge in [0.25, 0.3) is 18.2 Å². The van der Waals surface area contributed by atoms with Crippen molar-refractivity contribution in [3.8, 4) is 34.3 Å². The van der Waals surface area contributed by atoms with Crippen molar-refractivity contribution in [2.24, 2.45) is 0 Å². The Labute approximate surface area is 254 Å². The van der Waals surface area contributed by atoms with Crippen molar-refractivity contribution in [2.45, 2.75) is 26.8 Å². The molecule has 0 radical (unpaired) electrons. The molecular weight excluding hydrogens is 596 g/mol. The molecule has 0 saturated heterocycles. The lowest BCUT2D eigenvalue weighted by atomic mass is 10.0. The van der Waals surface area contributed by atoms with Crippen molar-refractivity contribution < 1.29 is 36.6 Å². The van der Waals surface area contributed by atoms with Crippen molar-refractivity contribution in [3.63, 3.8) is 0 Å². The first-order valence-electron chi connectivity index (χ1n) is 13.5. The summed E-state index contributed by atoms with van der Waals surface area (Å²) in [6.07, 6.45) is -0.132. The number of aryl methyl sites for hydroxylation is 1. The van der Waals surface area contributed by atoms with Crippen LogP contribution in [0.1, 0.15) is 21.6 Å². The van der Waals surface area contributed by atoms with E-state index in [2.05, 4.69) is 15.3 Å². The largest absolute Gasteiger partial charge is 0.491 e. The molecule has 45 heavy (non-hydrogen) atoms. The molecule has 13 heteroatoms. The number of amides is 1. The molecule has 0 unspecified atom stereocenters. The van der Waals surface area contributed by atoms with Crippen molar-refractivity contribution in [3.05, 3.63) is 99.6 Å². The lowest BCUT2D eigenvalue weighted by molar-refractivity contribution is 0.102. The number of nitrogens with one attached hydrogen (secondary N) is 1. The van der Waals surface area contributed by atoms with E-state index in [0.717, 1.165) is 16.7 Å². The van der Waals surface area contributed by atoms with Crippen LogP contribution in [0.4, 0.5) is 23.2 Å². The van der Waals surface area contributed by atoms with Crippen LogP contribution < -0.4 is 25.0 Å². The summed E-state index contributed by atoms with van der Waals surface area (Å²) in [6, 6.07) is 10.5. The quantitative estimate of drug-likeness (QED) is 0.183. The van der Waals surface area contributed by atoms with Crippen LogP contribution in [-0.4, -0.2) is 41.1 Å². The number of rotatable bonds is 9. The van der Waals surface area contributed by atoms with Gasteiger partial charge in [0.2, 0.25) is 5.43 Å². The molecule has 0 aliphatic heterocycles. The van der Waals surface area contributed by atoms with Crippen LogP contribution in [0.2, 0.25) is 0 Å². The third-order valence-corrected chi connectivity index (χ3v) is 7.01. The highest BCUT2D eigenvalue weighted by Gasteiger charge is 2.23. The minimum absolute atomic E-state index is 0.0232. The van der Waals surface area contributed by atoms with E-state index in [4.69, 9.17) is 14.2 Å². The Morgan fingerprint density at radius 1 is 0.956 bits per heavy atom. The summed E-state index contributed by atoms with van der Waals surface area (Å²) in [7, 11) is 2.86. The normalized spacial score (nSPS) is 11.1. The van der Waals surface area contributed by atoms with E-state index in [1.54, 1.807) is 6.07 Å². The minimum atomic E-state index is -2.79. The first kappa shape index (κ1) is 31.0. The molecule has 0 atom stereocenters. The summed E-state index contributed by atoms with van der Waals surface area (Å²) in [4.78, 5) is 35.5. The number of methoxy groups -OCH3 is 2. The van der Waals surface area contributed by atoms with Crippen molar-refractivity contribution >= 4 is 22.6 Å². The molecule has 0 aliphatic rings. The Morgan fingerprint density at radius 3 is 2.40 bits per heavy atom. The van der Waals surface area contributed by atoms with E-state index >= 15 is 4.39 Å². The van der Waals surface area contributed by atoms with Gasteiger partial charge in [-0.15, -0.1) is 0 Å². The van der Waals surface area contributed by atoms with Crippen LogP contribution in [-0.2, 0) is 6.54 Å². The Hall–Kier alpha value is -5.46. The van der Waals surface area contributed by atoms with Gasteiger partial charge < -0.3 is 24.1 Å². The fourth-order valence-electron chi connectivity index (χ4n) is 4.74. The molecule has 1 N–H and O–H groups in total. The number of nitrogens with zero attached hydrogens (tertiary/aromatic N) is 3. The van der Waals surface area contributed by atoms with Crippen LogP contribution in [0, 0.1) is 25.5 Å². The fraction of sp³-hybridized carbons (Fsp3) is 0.188. The number of carbonyl (C=O) groups excluding carboxylic acids is 1. The summed E-state index contributed by atoms with van der Waals surface area (Å²) in [5.74, 6) is -1.85. The predicted octanol–water partition coefficient (Wildman–Crippen LogP) is 6.68. The van der Waals surface area contributed by atoms with Gasteiger partial charge in [-0.3, -0.25) is 14.6 Å². The van der Waals surface area contributed by atoms with E-state index in [1.165, 1.54) is 70.8 Å². The zero-order valence-corrected chi connectivity index (χ0v) is 24.5. The molecule has 3 aromatic heterocycles. The Balaban J connectivity index is 1.47. The van der Waals surface area contributed by atoms with Gasteiger partial charge in [-0.05, 0) is 49.2 Å². The first-order chi connectivity index (χ1) is 21.5. The predicted molar refractivity (Wildman–Crippen MR) is 159 cm³/mol. The molecule has 9 nitrogen and oxygen atoms in total. The molecule has 3 heterocycles. The lowest BCUT2D eigenvalue weighted by Crippen LogP contribution is -2.28. The second-order valence-corrected chi connectivity index (χ2v) is 9.92. The molecule has 1 amide bonds. The maximum absolute atomic E-state index is 15.2. The zero-order chi connectivity index (χ0) is 32.4. The van der Waals surface area contributed by atoms with Crippen LogP contribution >= 0.6 is 0 Å². The zero-order valence-electron chi connectivity index (χ0n) is 24.5. The number of hydrogen-bond acceptors (Lipinski definition) is 7. The smallest absolute Gasteiger partial charge is 0.261 e. The highest BCUT2D eigenvalue weighted by Crippen LogP contribution is 2.35. The van der Waals surface area contributed by atoms with Gasteiger partial charge in [0.15, 0.2) is 23.1 Å². The average molecular weight is 623 g/mol. The second kappa shape index (κ2) is 12.6. The molecule has 0 spiro atoms. The number of benzene rings is 2. The summed E-state index contributed by atoms with van der Waals surface area (Å²) in [5, 5.41) is 2.46. The van der Waals surface area contributed by atoms with Gasteiger partial charge in [-0.25, -0.2) is 22.5 Å². The topological polar surface area (TPSA) is 105 Å². The Kier molecular flexibility index (Phi) is 8.70. The van der Waals surface area contributed by atoms with Crippen LogP contribution in [0.15, 0.2) is 65.7 Å². The van der Waals surface area contributed by atoms with Crippen molar-refractivity contribution in [2.75, 3.05) is 19.5 Å². The number of aromatic nitrogens is 3. The lowest BCUT2D eigenvalue weighted by Gasteiger charge is -2.17. The van der Waals surface area contributed by atoms with Gasteiger partial charge in [-0.2, -0.15) is 0 Å². The number of halogens is 4. The van der Waals surface area contributed by atoms with E-state index in [0.29, 0.717) is 11.3 Å². The second-order valence-electron chi connectivity index (χ2n) is 9.92. The van der Waals surface area contributed by atoms with Crippen LogP contribution in [0.3, 0.4) is 0 Å². The van der Waals surface area contributed by atoms with Gasteiger partial charge >= 0.3 is 0 Å². The monoisotopic (exact) mass is 622 g/mol. The maximum Gasteiger partial charge on any atom is 0.261 e. The third kappa shape index (κ3) is 6.28. The number of fused-ring (bicyclic) bond motifs is 1. The summed E-state index contributed by atoms with van der Waals surface area (Å²) < 4.78 is 73.3. The minimum Gasteiger partial charge on any atom is -0.491 e. The number of anilines is 1. The molecule has 5 rings (SSSR count). The highest BCUT2D eigenvalue weighted by molar-refractivity contribution is 6.05. The summed E-state index contributed by atoms with van der Waals surface area (Å²) in [6.45, 7) is 2.05. The molecule has 5 aromatic rings. The van der Waals surface area contributed by atoms with Crippen LogP contribution in [0.5, 0.6) is 23.1 Å². The first-order valence-corrected chi connectivity index (χ1v) is 13.5. The van der Waals surface area contributed by atoms with Crippen molar-refractivity contribution in [1.82, 2.24) is 14.5 Å². The summed E-state index contributed by atoms with van der Waals surface area (Å²) in [5.41, 5.74) is -0.151. The molecule has 2 aromatic carbocycles. The van der Waals surface area contributed by atoms with E-state index in [-0.39, 0.29) is 51.0 Å². The molecule has 0 fully saturated rings.